The van der Waals surface area contributed by atoms with Gasteiger partial charge in [0.05, 0.1) is 11.2 Å². The lowest BCUT2D eigenvalue weighted by Gasteiger charge is -2.42. The molecule has 0 aliphatic carbocycles. The maximum Gasteiger partial charge on any atom is 0.250 e. The number of hydrogen-bond donors (Lipinski definition) is 2. The van der Waals surface area contributed by atoms with Crippen LogP contribution in [0.5, 0.6) is 0 Å². The van der Waals surface area contributed by atoms with Gasteiger partial charge in [0.2, 0.25) is 11.8 Å². The minimum absolute atomic E-state index is 0.311. The van der Waals surface area contributed by atoms with Crippen LogP contribution >= 0.6 is 0 Å². The Hall–Kier alpha value is -2.51. The van der Waals surface area contributed by atoms with Gasteiger partial charge in [0.15, 0.2) is 0 Å². The molecule has 1 unspecified atom stereocenters. The summed E-state index contributed by atoms with van der Waals surface area (Å²) in [6.07, 6.45) is 5.42. The van der Waals surface area contributed by atoms with E-state index in [2.05, 4.69) is 38.8 Å². The van der Waals surface area contributed by atoms with Gasteiger partial charge >= 0.3 is 0 Å². The average molecular weight is 379 g/mol. The summed E-state index contributed by atoms with van der Waals surface area (Å²) in [4.78, 5) is 26.2. The fourth-order valence-electron chi connectivity index (χ4n) is 4.64. The summed E-state index contributed by atoms with van der Waals surface area (Å²) in [5, 5.41) is 11.3. The Morgan fingerprint density at radius 2 is 1.93 bits per heavy atom. The van der Waals surface area contributed by atoms with Gasteiger partial charge in [0, 0.05) is 37.6 Å². The molecule has 28 heavy (non-hydrogen) atoms. The first-order chi connectivity index (χ1) is 13.6. The zero-order chi connectivity index (χ0) is 19.3. The number of rotatable bonds is 3. The second-order valence-electron chi connectivity index (χ2n) is 8.10. The van der Waals surface area contributed by atoms with E-state index in [4.69, 9.17) is 0 Å². The Morgan fingerprint density at radius 1 is 1.14 bits per heavy atom. The van der Waals surface area contributed by atoms with Gasteiger partial charge in [-0.05, 0) is 43.5 Å². The van der Waals surface area contributed by atoms with Crippen LogP contribution < -0.4 is 10.6 Å². The van der Waals surface area contributed by atoms with Gasteiger partial charge in [-0.1, -0.05) is 18.2 Å². The smallest absolute Gasteiger partial charge is 0.250 e. The highest BCUT2D eigenvalue weighted by atomic mass is 16.2. The molecular formula is C21H25N5O2. The van der Waals surface area contributed by atoms with E-state index >= 15 is 0 Å². The van der Waals surface area contributed by atoms with E-state index in [9.17, 15) is 9.59 Å². The highest BCUT2D eigenvalue weighted by Crippen LogP contribution is 2.33. The van der Waals surface area contributed by atoms with Crippen LogP contribution in [0.25, 0.3) is 10.9 Å². The maximum absolute atomic E-state index is 12.2. The zero-order valence-electron chi connectivity index (χ0n) is 16.0. The second-order valence-corrected chi connectivity index (χ2v) is 8.10. The number of carbonyl (C=O) groups excluding carboxylic acids is 2. The Balaban J connectivity index is 1.40. The first kappa shape index (κ1) is 17.6. The first-order valence-electron chi connectivity index (χ1n) is 10.0. The van der Waals surface area contributed by atoms with E-state index in [0.29, 0.717) is 11.6 Å². The van der Waals surface area contributed by atoms with Crippen LogP contribution in [0.3, 0.4) is 0 Å². The number of aromatic nitrogens is 2. The molecule has 0 bridgehead atoms. The molecule has 5 rings (SSSR count). The van der Waals surface area contributed by atoms with Crippen LogP contribution in [0, 0.1) is 0 Å². The van der Waals surface area contributed by atoms with Crippen molar-refractivity contribution in [3.63, 3.8) is 0 Å². The van der Waals surface area contributed by atoms with E-state index in [-0.39, 0.29) is 11.8 Å². The molecule has 3 aliphatic rings. The molecule has 1 aromatic heterocycles. The Morgan fingerprint density at radius 3 is 2.61 bits per heavy atom. The van der Waals surface area contributed by atoms with Crippen LogP contribution in [0.2, 0.25) is 0 Å². The van der Waals surface area contributed by atoms with Gasteiger partial charge in [-0.25, -0.2) is 0 Å². The summed E-state index contributed by atoms with van der Waals surface area (Å²) in [5.74, 6) is -0.628. The zero-order valence-corrected chi connectivity index (χ0v) is 16.0. The molecule has 7 heteroatoms. The molecule has 146 valence electrons. The molecule has 1 atom stereocenters. The van der Waals surface area contributed by atoms with Crippen molar-refractivity contribution in [2.75, 3.05) is 26.2 Å². The largest absolute Gasteiger partial charge is 0.314 e. The lowest BCUT2D eigenvalue weighted by atomic mass is 9.87. The lowest BCUT2D eigenvalue weighted by molar-refractivity contribution is -0.129. The molecule has 2 aromatic rings. The number of benzene rings is 1. The normalized spacial score (nSPS) is 24.5. The standard InChI is InChI=1S/C21H25N5O2/c1-25-18-10-14(13-6-8-26(9-7-13)15-11-22-12-15)2-3-16(18)20(24-25)17-4-5-19(27)23-21(17)28/h2-5,10,13,15,17,22H,6-9,11-12H2,1H3,(H,23,27,28). The molecule has 2 amide bonds. The average Bonchev–Trinajstić information content (AvgIpc) is 2.97. The third-order valence-corrected chi connectivity index (χ3v) is 6.44. The molecule has 0 saturated carbocycles. The van der Waals surface area contributed by atoms with Crippen molar-refractivity contribution in [3.8, 4) is 0 Å². The molecule has 2 saturated heterocycles. The van der Waals surface area contributed by atoms with Crippen molar-refractivity contribution in [2.45, 2.75) is 30.7 Å². The van der Waals surface area contributed by atoms with Crippen molar-refractivity contribution < 1.29 is 9.59 Å². The SMILES string of the molecule is Cn1nc(C2C=CC(=O)NC2=O)c2ccc(C3CCN(C4CNC4)CC3)cc21. The number of nitrogens with one attached hydrogen (secondary N) is 2. The Kier molecular flexibility index (Phi) is 4.29. The molecule has 7 nitrogen and oxygen atoms in total. The first-order valence-corrected chi connectivity index (χ1v) is 10.0. The Bertz CT molecular complexity index is 967. The summed E-state index contributed by atoms with van der Waals surface area (Å²) in [6.45, 7) is 4.58. The van der Waals surface area contributed by atoms with E-state index in [1.807, 2.05) is 11.7 Å². The van der Waals surface area contributed by atoms with Crippen molar-refractivity contribution in [1.82, 2.24) is 25.3 Å². The van der Waals surface area contributed by atoms with Crippen molar-refractivity contribution in [1.29, 1.82) is 0 Å². The maximum atomic E-state index is 12.2. The molecule has 0 radical (unpaired) electrons. The number of nitrogens with zero attached hydrogens (tertiary/aromatic N) is 3. The van der Waals surface area contributed by atoms with E-state index in [1.54, 1.807) is 6.08 Å². The number of amides is 2. The van der Waals surface area contributed by atoms with Gasteiger partial charge in [-0.3, -0.25) is 24.5 Å². The monoisotopic (exact) mass is 379 g/mol. The highest BCUT2D eigenvalue weighted by molar-refractivity contribution is 6.08. The summed E-state index contributed by atoms with van der Waals surface area (Å²) in [7, 11) is 1.91. The van der Waals surface area contributed by atoms with E-state index in [1.165, 1.54) is 24.5 Å². The highest BCUT2D eigenvalue weighted by Gasteiger charge is 2.30. The summed E-state index contributed by atoms with van der Waals surface area (Å²) < 4.78 is 1.85. The Labute approximate surface area is 163 Å². The molecule has 3 aliphatic heterocycles. The van der Waals surface area contributed by atoms with Gasteiger partial charge in [0.1, 0.15) is 5.92 Å². The summed E-state index contributed by atoms with van der Waals surface area (Å²) >= 11 is 0. The molecule has 2 fully saturated rings. The number of imide groups is 1. The van der Waals surface area contributed by atoms with Crippen molar-refractivity contribution >= 4 is 22.7 Å². The number of carbonyl (C=O) groups is 2. The number of hydrogen-bond acceptors (Lipinski definition) is 5. The predicted octanol–water partition coefficient (Wildman–Crippen LogP) is 1.02. The molecule has 2 N–H and O–H groups in total. The molecular weight excluding hydrogens is 354 g/mol. The number of aryl methyl sites for hydroxylation is 1. The van der Waals surface area contributed by atoms with Gasteiger partial charge < -0.3 is 5.32 Å². The fourth-order valence-corrected chi connectivity index (χ4v) is 4.64. The molecule has 0 spiro atoms. The lowest BCUT2D eigenvalue weighted by Crippen LogP contribution is -2.58. The third kappa shape index (κ3) is 2.95. The van der Waals surface area contributed by atoms with Crippen LogP contribution in [0.4, 0.5) is 0 Å². The molecule has 4 heterocycles. The van der Waals surface area contributed by atoms with E-state index < -0.39 is 5.92 Å². The van der Waals surface area contributed by atoms with Crippen LogP contribution in [-0.4, -0.2) is 58.7 Å². The fraction of sp³-hybridized carbons (Fsp3) is 0.476. The van der Waals surface area contributed by atoms with Crippen LogP contribution in [-0.2, 0) is 16.6 Å². The topological polar surface area (TPSA) is 79.3 Å². The predicted molar refractivity (Wildman–Crippen MR) is 106 cm³/mol. The van der Waals surface area contributed by atoms with Gasteiger partial charge in [-0.15, -0.1) is 0 Å². The second kappa shape index (κ2) is 6.83. The minimum Gasteiger partial charge on any atom is -0.314 e. The van der Waals surface area contributed by atoms with Crippen molar-refractivity contribution in [3.05, 3.63) is 41.6 Å². The van der Waals surface area contributed by atoms with Crippen LogP contribution in [0.15, 0.2) is 30.4 Å². The van der Waals surface area contributed by atoms with Gasteiger partial charge in [-0.2, -0.15) is 5.10 Å². The minimum atomic E-state index is -0.522. The third-order valence-electron chi connectivity index (χ3n) is 6.44. The number of piperidine rings is 1. The number of fused-ring (bicyclic) bond motifs is 1. The quantitative estimate of drug-likeness (QED) is 0.779. The van der Waals surface area contributed by atoms with E-state index in [0.717, 1.165) is 43.1 Å². The van der Waals surface area contributed by atoms with Crippen molar-refractivity contribution in [2.24, 2.45) is 7.05 Å². The summed E-state index contributed by atoms with van der Waals surface area (Å²) in [6, 6.07) is 7.23. The number of likely N-dealkylation sites (tertiary alicyclic amines) is 1. The van der Waals surface area contributed by atoms with Gasteiger partial charge in [0.25, 0.3) is 0 Å². The van der Waals surface area contributed by atoms with Crippen LogP contribution in [0.1, 0.15) is 35.9 Å². The summed E-state index contributed by atoms with van der Waals surface area (Å²) in [5.41, 5.74) is 3.10. The molecule has 1 aromatic carbocycles.